The lowest BCUT2D eigenvalue weighted by Crippen LogP contribution is -2.21. The third-order valence-corrected chi connectivity index (χ3v) is 5.03. The van der Waals surface area contributed by atoms with Gasteiger partial charge in [-0.1, -0.05) is 28.1 Å². The van der Waals surface area contributed by atoms with E-state index in [0.29, 0.717) is 15.6 Å². The second-order valence-corrected chi connectivity index (χ2v) is 7.34. The van der Waals surface area contributed by atoms with Gasteiger partial charge < -0.3 is 0 Å². The quantitative estimate of drug-likeness (QED) is 0.579. The predicted molar refractivity (Wildman–Crippen MR) is 89.6 cm³/mol. The average Bonchev–Trinajstić information content (AvgIpc) is 2.78. The molecule has 23 heavy (non-hydrogen) atoms. The van der Waals surface area contributed by atoms with Gasteiger partial charge in [-0.2, -0.15) is 13.5 Å². The van der Waals surface area contributed by atoms with Crippen molar-refractivity contribution >= 4 is 38.0 Å². The minimum atomic E-state index is -3.72. The van der Waals surface area contributed by atoms with E-state index >= 15 is 0 Å². The first-order valence-corrected chi connectivity index (χ1v) is 8.78. The molecule has 5 nitrogen and oxygen atoms in total. The molecule has 0 saturated carbocycles. The maximum atomic E-state index is 12.9. The lowest BCUT2D eigenvalue weighted by atomic mass is 10.2. The van der Waals surface area contributed by atoms with E-state index in [1.807, 2.05) is 0 Å². The molecule has 1 aliphatic rings. The van der Waals surface area contributed by atoms with Crippen LogP contribution in [-0.4, -0.2) is 32.5 Å². The summed E-state index contributed by atoms with van der Waals surface area (Å²) in [4.78, 5) is 0.144. The summed E-state index contributed by atoms with van der Waals surface area (Å²) in [6, 6.07) is 10.7. The molecular formula is C15H11BrFN3O2S. The molecule has 0 aliphatic carbocycles. The smallest absolute Gasteiger partial charge is 0.250 e. The summed E-state index contributed by atoms with van der Waals surface area (Å²) in [5.41, 5.74) is 1.18. The van der Waals surface area contributed by atoms with E-state index in [9.17, 15) is 12.8 Å². The number of rotatable bonds is 2. The largest absolute Gasteiger partial charge is 0.285 e. The fourth-order valence-corrected chi connectivity index (χ4v) is 3.86. The molecule has 8 heteroatoms. The summed E-state index contributed by atoms with van der Waals surface area (Å²) < 4.78 is 41.5. The number of nitrogens with zero attached hydrogens (tertiary/aromatic N) is 3. The topological polar surface area (TPSA) is 62.1 Å². The van der Waals surface area contributed by atoms with Crippen molar-refractivity contribution in [3.8, 4) is 0 Å². The lowest BCUT2D eigenvalue weighted by molar-refractivity contribution is 0.549. The maximum absolute atomic E-state index is 12.9. The standard InChI is InChI=1S/C15H11BrFN3O2S/c1-20(18-9-10-2-5-12(17)6-3-10)15-13-7-4-11(16)8-14(13)23(21,22)19-15/h2-9H,1H3/b18-9+. The average molecular weight is 396 g/mol. The van der Waals surface area contributed by atoms with Crippen molar-refractivity contribution in [1.29, 1.82) is 0 Å². The van der Waals surface area contributed by atoms with Crippen LogP contribution < -0.4 is 0 Å². The molecular weight excluding hydrogens is 385 g/mol. The fourth-order valence-electron chi connectivity index (χ4n) is 2.10. The van der Waals surface area contributed by atoms with Crippen LogP contribution in [0.2, 0.25) is 0 Å². The fraction of sp³-hybridized carbons (Fsp3) is 0.0667. The van der Waals surface area contributed by atoms with Gasteiger partial charge in [0.2, 0.25) is 0 Å². The van der Waals surface area contributed by atoms with Crippen LogP contribution in [0.15, 0.2) is 61.3 Å². The highest BCUT2D eigenvalue weighted by molar-refractivity contribution is 9.10. The van der Waals surface area contributed by atoms with Crippen molar-refractivity contribution in [1.82, 2.24) is 5.01 Å². The van der Waals surface area contributed by atoms with E-state index < -0.39 is 10.0 Å². The molecule has 1 heterocycles. The van der Waals surface area contributed by atoms with Gasteiger partial charge >= 0.3 is 0 Å². The molecule has 2 aromatic rings. The zero-order valence-corrected chi connectivity index (χ0v) is 14.3. The van der Waals surface area contributed by atoms with Gasteiger partial charge in [-0.25, -0.2) is 9.40 Å². The number of hydrazone groups is 1. The first kappa shape index (κ1) is 15.8. The molecule has 3 rings (SSSR count). The minimum Gasteiger partial charge on any atom is -0.250 e. The predicted octanol–water partition coefficient (Wildman–Crippen LogP) is 3.00. The Bertz CT molecular complexity index is 924. The van der Waals surface area contributed by atoms with E-state index in [4.69, 9.17) is 0 Å². The zero-order chi connectivity index (χ0) is 16.6. The zero-order valence-electron chi connectivity index (χ0n) is 11.9. The van der Waals surface area contributed by atoms with Crippen molar-refractivity contribution in [2.24, 2.45) is 9.50 Å². The number of fused-ring (bicyclic) bond motifs is 1. The van der Waals surface area contributed by atoms with E-state index in [-0.39, 0.29) is 16.5 Å². The number of hydrogen-bond acceptors (Lipinski definition) is 4. The second kappa shape index (κ2) is 5.86. The third kappa shape index (κ3) is 3.18. The van der Waals surface area contributed by atoms with E-state index in [0.717, 1.165) is 0 Å². The molecule has 118 valence electrons. The summed E-state index contributed by atoms with van der Waals surface area (Å²) in [6.07, 6.45) is 1.51. The summed E-state index contributed by atoms with van der Waals surface area (Å²) in [5, 5.41) is 5.55. The highest BCUT2D eigenvalue weighted by atomic mass is 79.9. The van der Waals surface area contributed by atoms with Gasteiger partial charge in [0.1, 0.15) is 10.7 Å². The first-order valence-electron chi connectivity index (χ1n) is 6.55. The Balaban J connectivity index is 1.92. The Morgan fingerprint density at radius 2 is 1.91 bits per heavy atom. The molecule has 0 radical (unpaired) electrons. The normalized spacial score (nSPS) is 15.5. The highest BCUT2D eigenvalue weighted by Crippen LogP contribution is 2.30. The SMILES string of the molecule is CN(/N=C/c1ccc(F)cc1)C1=NS(=O)(=O)c2cc(Br)ccc21. The van der Waals surface area contributed by atoms with Gasteiger partial charge in [-0.15, -0.1) is 4.40 Å². The van der Waals surface area contributed by atoms with Crippen molar-refractivity contribution in [2.75, 3.05) is 7.05 Å². The van der Waals surface area contributed by atoms with Gasteiger partial charge in [0.15, 0.2) is 5.84 Å². The summed E-state index contributed by atoms with van der Waals surface area (Å²) >= 11 is 3.25. The number of hydrogen-bond donors (Lipinski definition) is 0. The third-order valence-electron chi connectivity index (χ3n) is 3.23. The Morgan fingerprint density at radius 3 is 2.61 bits per heavy atom. The minimum absolute atomic E-state index is 0.144. The van der Waals surface area contributed by atoms with Crippen LogP contribution in [0.5, 0.6) is 0 Å². The van der Waals surface area contributed by atoms with Gasteiger partial charge in [-0.05, 0) is 35.9 Å². The van der Waals surface area contributed by atoms with Crippen molar-refractivity contribution < 1.29 is 12.8 Å². The molecule has 0 bridgehead atoms. The lowest BCUT2D eigenvalue weighted by Gasteiger charge is -2.12. The molecule has 0 unspecified atom stereocenters. The molecule has 1 aliphatic heterocycles. The molecule has 2 aromatic carbocycles. The molecule has 0 spiro atoms. The van der Waals surface area contributed by atoms with Crippen LogP contribution in [0.25, 0.3) is 0 Å². The van der Waals surface area contributed by atoms with Crippen molar-refractivity contribution in [3.05, 3.63) is 63.9 Å². The molecule has 0 saturated heterocycles. The Hall–Kier alpha value is -2.06. The summed E-state index contributed by atoms with van der Waals surface area (Å²) in [7, 11) is -2.12. The van der Waals surface area contributed by atoms with Crippen LogP contribution in [-0.2, 0) is 10.0 Å². The van der Waals surface area contributed by atoms with E-state index in [1.165, 1.54) is 29.4 Å². The van der Waals surface area contributed by atoms with Crippen LogP contribution in [0.1, 0.15) is 11.1 Å². The maximum Gasteiger partial charge on any atom is 0.285 e. The molecule has 0 N–H and O–H groups in total. The number of halogens is 2. The van der Waals surface area contributed by atoms with Gasteiger partial charge in [0.05, 0.1) is 6.21 Å². The van der Waals surface area contributed by atoms with Crippen LogP contribution in [0.3, 0.4) is 0 Å². The van der Waals surface area contributed by atoms with E-state index in [2.05, 4.69) is 25.4 Å². The van der Waals surface area contributed by atoms with Crippen molar-refractivity contribution in [3.63, 3.8) is 0 Å². The van der Waals surface area contributed by atoms with Crippen LogP contribution in [0, 0.1) is 5.82 Å². The Labute approximate surface area is 141 Å². The molecule has 0 amide bonds. The summed E-state index contributed by atoms with van der Waals surface area (Å²) in [6.45, 7) is 0. The second-order valence-electron chi connectivity index (χ2n) is 4.85. The van der Waals surface area contributed by atoms with Gasteiger partial charge in [0.25, 0.3) is 10.0 Å². The van der Waals surface area contributed by atoms with Gasteiger partial charge in [-0.3, -0.25) is 0 Å². The first-order chi connectivity index (χ1) is 10.9. The van der Waals surface area contributed by atoms with E-state index in [1.54, 1.807) is 31.3 Å². The van der Waals surface area contributed by atoms with Crippen LogP contribution >= 0.6 is 15.9 Å². The molecule has 0 atom stereocenters. The van der Waals surface area contributed by atoms with Crippen molar-refractivity contribution in [2.45, 2.75) is 4.90 Å². The summed E-state index contributed by atoms with van der Waals surface area (Å²) in [5.74, 6) is -0.0906. The number of sulfonamides is 1. The number of amidine groups is 1. The molecule has 0 fully saturated rings. The van der Waals surface area contributed by atoms with Crippen LogP contribution in [0.4, 0.5) is 4.39 Å². The molecule has 0 aromatic heterocycles. The Morgan fingerprint density at radius 1 is 1.22 bits per heavy atom. The highest BCUT2D eigenvalue weighted by Gasteiger charge is 2.31. The monoisotopic (exact) mass is 395 g/mol. The Kier molecular flexibility index (Phi) is 4.03. The van der Waals surface area contributed by atoms with Gasteiger partial charge in [0, 0.05) is 17.1 Å². The number of benzene rings is 2.